The van der Waals surface area contributed by atoms with E-state index < -0.39 is 21.5 Å². The van der Waals surface area contributed by atoms with Crippen LogP contribution >= 0.6 is 0 Å². The summed E-state index contributed by atoms with van der Waals surface area (Å²) in [5.74, 6) is -0.360. The molecule has 0 aliphatic carbocycles. The van der Waals surface area contributed by atoms with Crippen LogP contribution in [0.2, 0.25) is 0 Å². The Bertz CT molecular complexity index is 941. The van der Waals surface area contributed by atoms with Gasteiger partial charge in [-0.15, -0.1) is 0 Å². The van der Waals surface area contributed by atoms with Crippen molar-refractivity contribution in [2.75, 3.05) is 37.2 Å². The highest BCUT2D eigenvalue weighted by molar-refractivity contribution is 7.92. The number of morpholine rings is 1. The van der Waals surface area contributed by atoms with Crippen molar-refractivity contribution in [3.05, 3.63) is 64.7 Å². The van der Waals surface area contributed by atoms with Crippen molar-refractivity contribution in [1.29, 1.82) is 0 Å². The van der Waals surface area contributed by atoms with Crippen LogP contribution in [-0.2, 0) is 19.6 Å². The number of carbonyl (C=O) groups is 1. The molecule has 1 aliphatic rings. The van der Waals surface area contributed by atoms with E-state index in [2.05, 4.69) is 0 Å². The summed E-state index contributed by atoms with van der Waals surface area (Å²) in [7, 11) is -4.04. The number of non-ortho nitro benzene ring substituents is 1. The highest BCUT2D eigenvalue weighted by Gasteiger charge is 2.29. The summed E-state index contributed by atoms with van der Waals surface area (Å²) in [4.78, 5) is 24.6. The summed E-state index contributed by atoms with van der Waals surface area (Å²) in [6.45, 7) is 1.16. The molecule has 0 radical (unpaired) electrons. The maximum absolute atomic E-state index is 13.2. The van der Waals surface area contributed by atoms with E-state index >= 15 is 0 Å². The molecule has 0 saturated carbocycles. The van der Waals surface area contributed by atoms with Gasteiger partial charge in [0.25, 0.3) is 15.7 Å². The topological polar surface area (TPSA) is 110 Å². The fourth-order valence-corrected chi connectivity index (χ4v) is 4.25. The van der Waals surface area contributed by atoms with Crippen LogP contribution in [0.3, 0.4) is 0 Å². The zero-order valence-electron chi connectivity index (χ0n) is 14.9. The van der Waals surface area contributed by atoms with Gasteiger partial charge in [-0.2, -0.15) is 0 Å². The van der Waals surface area contributed by atoms with E-state index in [1.807, 2.05) is 0 Å². The van der Waals surface area contributed by atoms with Crippen molar-refractivity contribution >= 4 is 27.3 Å². The van der Waals surface area contributed by atoms with Crippen LogP contribution in [0.25, 0.3) is 0 Å². The first-order valence-electron chi connectivity index (χ1n) is 8.57. The smallest absolute Gasteiger partial charge is 0.269 e. The highest BCUT2D eigenvalue weighted by atomic mass is 32.2. The Balaban J connectivity index is 1.95. The first-order chi connectivity index (χ1) is 13.4. The predicted octanol–water partition coefficient (Wildman–Crippen LogP) is 1.65. The normalized spacial score (nSPS) is 14.5. The van der Waals surface area contributed by atoms with Gasteiger partial charge in [0.1, 0.15) is 6.54 Å². The molecule has 1 aliphatic heterocycles. The van der Waals surface area contributed by atoms with Gasteiger partial charge in [-0.25, -0.2) is 8.42 Å². The molecule has 1 amide bonds. The highest BCUT2D eigenvalue weighted by Crippen LogP contribution is 2.26. The van der Waals surface area contributed by atoms with Crippen molar-refractivity contribution in [3.63, 3.8) is 0 Å². The summed E-state index contributed by atoms with van der Waals surface area (Å²) in [5.41, 5.74) is 0.0105. The van der Waals surface area contributed by atoms with Crippen molar-refractivity contribution in [2.45, 2.75) is 4.90 Å². The number of amides is 1. The lowest BCUT2D eigenvalue weighted by Crippen LogP contribution is -2.47. The number of sulfonamides is 1. The molecule has 148 valence electrons. The Hall–Kier alpha value is -2.98. The second-order valence-corrected chi connectivity index (χ2v) is 7.95. The standard InChI is InChI=1S/C18H19N3O6S/c22-18(19-10-12-27-13-11-19)14-20(15-6-8-16(9-7-15)21(23)24)28(25,26)17-4-2-1-3-5-17/h1-9H,10-14H2. The molecule has 28 heavy (non-hydrogen) atoms. The molecule has 0 atom stereocenters. The minimum atomic E-state index is -4.04. The maximum atomic E-state index is 13.2. The first-order valence-corrected chi connectivity index (χ1v) is 10.0. The molecule has 0 spiro atoms. The molecule has 2 aromatic rings. The number of hydrogen-bond donors (Lipinski definition) is 0. The lowest BCUT2D eigenvalue weighted by Gasteiger charge is -2.30. The third kappa shape index (κ3) is 4.29. The van der Waals surface area contributed by atoms with Crippen LogP contribution in [-0.4, -0.2) is 57.0 Å². The largest absolute Gasteiger partial charge is 0.378 e. The van der Waals surface area contributed by atoms with E-state index in [1.165, 1.54) is 36.4 Å². The molecule has 1 saturated heterocycles. The van der Waals surface area contributed by atoms with Gasteiger partial charge < -0.3 is 9.64 Å². The maximum Gasteiger partial charge on any atom is 0.269 e. The second kappa shape index (κ2) is 8.36. The monoisotopic (exact) mass is 405 g/mol. The lowest BCUT2D eigenvalue weighted by atomic mass is 10.3. The Morgan fingerprint density at radius 3 is 2.25 bits per heavy atom. The fraction of sp³-hybridized carbons (Fsp3) is 0.278. The Morgan fingerprint density at radius 1 is 1.07 bits per heavy atom. The van der Waals surface area contributed by atoms with Crippen molar-refractivity contribution in [1.82, 2.24) is 4.90 Å². The fourth-order valence-electron chi connectivity index (χ4n) is 2.81. The van der Waals surface area contributed by atoms with Gasteiger partial charge in [-0.05, 0) is 24.3 Å². The van der Waals surface area contributed by atoms with Crippen LogP contribution in [0, 0.1) is 10.1 Å². The quantitative estimate of drug-likeness (QED) is 0.534. The van der Waals surface area contributed by atoms with Crippen LogP contribution in [0.15, 0.2) is 59.5 Å². The number of nitrogens with zero attached hydrogens (tertiary/aromatic N) is 3. The Kier molecular flexibility index (Phi) is 5.90. The second-order valence-electron chi connectivity index (χ2n) is 6.09. The van der Waals surface area contributed by atoms with E-state index in [4.69, 9.17) is 4.74 Å². The van der Waals surface area contributed by atoms with Gasteiger partial charge in [0.05, 0.1) is 28.7 Å². The van der Waals surface area contributed by atoms with E-state index in [9.17, 15) is 23.3 Å². The van der Waals surface area contributed by atoms with Gasteiger partial charge in [0, 0.05) is 25.2 Å². The number of nitro groups is 1. The van der Waals surface area contributed by atoms with E-state index in [0.717, 1.165) is 4.31 Å². The summed E-state index contributed by atoms with van der Waals surface area (Å²) < 4.78 is 32.5. The molecule has 0 unspecified atom stereocenters. The zero-order chi connectivity index (χ0) is 20.1. The number of carbonyl (C=O) groups excluding carboxylic acids is 1. The lowest BCUT2D eigenvalue weighted by molar-refractivity contribution is -0.384. The molecule has 0 aromatic heterocycles. The number of hydrogen-bond acceptors (Lipinski definition) is 6. The summed E-state index contributed by atoms with van der Waals surface area (Å²) in [5, 5.41) is 10.9. The van der Waals surface area contributed by atoms with E-state index in [-0.39, 0.29) is 22.2 Å². The molecule has 1 heterocycles. The van der Waals surface area contributed by atoms with Crippen molar-refractivity contribution in [2.24, 2.45) is 0 Å². The molecular formula is C18H19N3O6S. The number of anilines is 1. The summed E-state index contributed by atoms with van der Waals surface area (Å²) in [6, 6.07) is 12.8. The number of ether oxygens (including phenoxy) is 1. The van der Waals surface area contributed by atoms with Crippen LogP contribution in [0.5, 0.6) is 0 Å². The molecule has 0 N–H and O–H groups in total. The first kappa shape index (κ1) is 19.8. The Morgan fingerprint density at radius 2 is 1.68 bits per heavy atom. The third-order valence-corrected chi connectivity index (χ3v) is 6.11. The minimum Gasteiger partial charge on any atom is -0.378 e. The predicted molar refractivity (Wildman–Crippen MR) is 101 cm³/mol. The van der Waals surface area contributed by atoms with Gasteiger partial charge in [-0.1, -0.05) is 18.2 Å². The molecule has 0 bridgehead atoms. The summed E-state index contributed by atoms with van der Waals surface area (Å²) in [6.07, 6.45) is 0. The summed E-state index contributed by atoms with van der Waals surface area (Å²) >= 11 is 0. The molecule has 10 heteroatoms. The Labute approximate surface area is 162 Å². The van der Waals surface area contributed by atoms with E-state index in [0.29, 0.717) is 26.3 Å². The van der Waals surface area contributed by atoms with Gasteiger partial charge in [0.15, 0.2) is 0 Å². The van der Waals surface area contributed by atoms with E-state index in [1.54, 1.807) is 23.1 Å². The molecular weight excluding hydrogens is 386 g/mol. The number of nitro benzene ring substituents is 1. The molecule has 3 rings (SSSR count). The van der Waals surface area contributed by atoms with Crippen LogP contribution in [0.1, 0.15) is 0 Å². The average molecular weight is 405 g/mol. The van der Waals surface area contributed by atoms with Crippen molar-refractivity contribution < 1.29 is 22.9 Å². The number of benzene rings is 2. The van der Waals surface area contributed by atoms with Gasteiger partial charge >= 0.3 is 0 Å². The molecule has 2 aromatic carbocycles. The van der Waals surface area contributed by atoms with Crippen LogP contribution < -0.4 is 4.31 Å². The van der Waals surface area contributed by atoms with Gasteiger partial charge in [0.2, 0.25) is 5.91 Å². The third-order valence-electron chi connectivity index (χ3n) is 4.32. The number of rotatable bonds is 6. The SMILES string of the molecule is O=C(CN(c1ccc([N+](=O)[O-])cc1)S(=O)(=O)c1ccccc1)N1CCOCC1. The zero-order valence-corrected chi connectivity index (χ0v) is 15.7. The average Bonchev–Trinajstić information content (AvgIpc) is 2.73. The minimum absolute atomic E-state index is 0.0307. The van der Waals surface area contributed by atoms with Gasteiger partial charge in [-0.3, -0.25) is 19.2 Å². The molecule has 9 nitrogen and oxygen atoms in total. The molecule has 1 fully saturated rings. The van der Waals surface area contributed by atoms with Crippen LogP contribution in [0.4, 0.5) is 11.4 Å². The van der Waals surface area contributed by atoms with Crippen molar-refractivity contribution in [3.8, 4) is 0 Å².